The van der Waals surface area contributed by atoms with Crippen LogP contribution in [-0.4, -0.2) is 50.2 Å². The molecule has 34 heavy (non-hydrogen) atoms. The van der Waals surface area contributed by atoms with Gasteiger partial charge in [-0.1, -0.05) is 0 Å². The molecular formula is C22H27F3N4O4S. The first-order chi connectivity index (χ1) is 16.0. The number of nitrogens with one attached hydrogen (secondary N) is 1. The summed E-state index contributed by atoms with van der Waals surface area (Å²) in [6, 6.07) is 0.662. The van der Waals surface area contributed by atoms with Gasteiger partial charge in [-0.3, -0.25) is 13.9 Å². The number of benzene rings is 1. The van der Waals surface area contributed by atoms with E-state index in [4.69, 9.17) is 5.73 Å². The standard InChI is InChI=1S/C22H27F3N4O4S/c23-15-6-17(25)18(7-16(15)24)29-3-1-2-28(34(29,32)33)11-19(30)27-20-13-4-12-5-14(20)10-22(8-12,9-13)21(26)31/h6-7,12-14,20H,1-5,8-11H2,(H2,26,31)(H,27,30). The average Bonchev–Trinajstić information content (AvgIpc) is 2.74. The third-order valence-corrected chi connectivity index (χ3v) is 9.98. The van der Waals surface area contributed by atoms with E-state index >= 15 is 0 Å². The Kier molecular flexibility index (Phi) is 5.58. The van der Waals surface area contributed by atoms with Crippen LogP contribution in [0.15, 0.2) is 12.1 Å². The van der Waals surface area contributed by atoms with Crippen molar-refractivity contribution in [2.75, 3.05) is 23.9 Å². The highest BCUT2D eigenvalue weighted by Gasteiger charge is 2.58. The molecule has 0 aromatic heterocycles. The number of rotatable bonds is 5. The van der Waals surface area contributed by atoms with Crippen LogP contribution in [0.25, 0.3) is 0 Å². The lowest BCUT2D eigenvalue weighted by Crippen LogP contribution is -2.63. The van der Waals surface area contributed by atoms with Gasteiger partial charge in [0.05, 0.1) is 12.2 Å². The van der Waals surface area contributed by atoms with E-state index in [0.717, 1.165) is 23.6 Å². The number of nitrogens with zero attached hydrogens (tertiary/aromatic N) is 2. The van der Waals surface area contributed by atoms with Crippen LogP contribution in [0.5, 0.6) is 0 Å². The molecule has 2 unspecified atom stereocenters. The number of primary amides is 1. The number of carbonyl (C=O) groups is 2. The molecule has 2 atom stereocenters. The van der Waals surface area contributed by atoms with Crippen LogP contribution in [0.2, 0.25) is 0 Å². The summed E-state index contributed by atoms with van der Waals surface area (Å²) in [4.78, 5) is 25.0. The van der Waals surface area contributed by atoms with Crippen LogP contribution in [0.1, 0.15) is 38.5 Å². The molecular weight excluding hydrogens is 473 g/mol. The quantitative estimate of drug-likeness (QED) is 0.599. The second-order valence-electron chi connectivity index (χ2n) is 10.2. The number of hydrogen-bond donors (Lipinski definition) is 2. The SMILES string of the molecule is NC(=O)C12CC3CC(C1)C(NC(=O)CN1CCCN(c4cc(F)c(F)cc4F)S1(=O)=O)C(C3)C2. The van der Waals surface area contributed by atoms with E-state index in [9.17, 15) is 31.2 Å². The predicted octanol–water partition coefficient (Wildman–Crippen LogP) is 1.66. The largest absolute Gasteiger partial charge is 0.369 e. The van der Waals surface area contributed by atoms with Gasteiger partial charge in [-0.25, -0.2) is 13.2 Å². The molecule has 8 nitrogen and oxygen atoms in total. The maximum absolute atomic E-state index is 14.3. The van der Waals surface area contributed by atoms with Gasteiger partial charge in [0.1, 0.15) is 0 Å². The van der Waals surface area contributed by atoms with Crippen molar-refractivity contribution >= 4 is 27.7 Å². The van der Waals surface area contributed by atoms with Gasteiger partial charge >= 0.3 is 10.2 Å². The predicted molar refractivity (Wildman–Crippen MR) is 116 cm³/mol. The van der Waals surface area contributed by atoms with Crippen LogP contribution in [0, 0.1) is 40.6 Å². The molecule has 186 valence electrons. The molecule has 4 saturated carbocycles. The molecule has 1 aromatic rings. The highest BCUT2D eigenvalue weighted by Crippen LogP contribution is 2.59. The molecule has 0 radical (unpaired) electrons. The van der Waals surface area contributed by atoms with Crippen molar-refractivity contribution in [3.05, 3.63) is 29.6 Å². The van der Waals surface area contributed by atoms with Crippen LogP contribution in [0.3, 0.4) is 0 Å². The van der Waals surface area contributed by atoms with Gasteiger partial charge in [-0.2, -0.15) is 12.7 Å². The minimum Gasteiger partial charge on any atom is -0.369 e. The normalized spacial score (nSPS) is 34.3. The maximum atomic E-state index is 14.3. The zero-order valence-corrected chi connectivity index (χ0v) is 19.3. The summed E-state index contributed by atoms with van der Waals surface area (Å²) in [6.07, 6.45) is 4.15. The molecule has 5 fully saturated rings. The van der Waals surface area contributed by atoms with Gasteiger partial charge in [-0.15, -0.1) is 0 Å². The summed E-state index contributed by atoms with van der Waals surface area (Å²) in [5.41, 5.74) is 4.61. The number of anilines is 1. The average molecular weight is 501 g/mol. The van der Waals surface area contributed by atoms with E-state index in [2.05, 4.69) is 5.32 Å². The number of hydrogen-bond acceptors (Lipinski definition) is 4. The second-order valence-corrected chi connectivity index (χ2v) is 12.0. The highest BCUT2D eigenvalue weighted by atomic mass is 32.2. The summed E-state index contributed by atoms with van der Waals surface area (Å²) in [5, 5.41) is 2.99. The van der Waals surface area contributed by atoms with Crippen LogP contribution in [-0.2, 0) is 19.8 Å². The lowest BCUT2D eigenvalue weighted by molar-refractivity contribution is -0.147. The molecule has 4 aliphatic carbocycles. The molecule has 1 aromatic carbocycles. The summed E-state index contributed by atoms with van der Waals surface area (Å²) in [6.45, 7) is -0.543. The molecule has 1 saturated heterocycles. The molecule has 0 spiro atoms. The van der Waals surface area contributed by atoms with E-state index in [0.29, 0.717) is 35.2 Å². The third kappa shape index (κ3) is 3.74. The fourth-order valence-electron chi connectivity index (χ4n) is 6.82. The van der Waals surface area contributed by atoms with E-state index in [1.807, 2.05) is 0 Å². The van der Waals surface area contributed by atoms with Gasteiger partial charge in [0.15, 0.2) is 17.5 Å². The first-order valence-corrected chi connectivity index (χ1v) is 12.9. The molecule has 3 N–H and O–H groups in total. The number of amides is 2. The molecule has 2 amide bonds. The van der Waals surface area contributed by atoms with Gasteiger partial charge < -0.3 is 11.1 Å². The zero-order chi connectivity index (χ0) is 24.4. The molecule has 1 aliphatic heterocycles. The lowest BCUT2D eigenvalue weighted by atomic mass is 9.47. The first kappa shape index (κ1) is 23.4. The number of carbonyl (C=O) groups excluding carboxylic acids is 2. The third-order valence-electron chi connectivity index (χ3n) is 8.08. The molecule has 12 heteroatoms. The summed E-state index contributed by atoms with van der Waals surface area (Å²) in [7, 11) is -4.33. The first-order valence-electron chi connectivity index (χ1n) is 11.5. The Morgan fingerprint density at radius 1 is 1.03 bits per heavy atom. The fraction of sp³-hybridized carbons (Fsp3) is 0.636. The van der Waals surface area contributed by atoms with Crippen molar-refractivity contribution in [3.63, 3.8) is 0 Å². The van der Waals surface area contributed by atoms with E-state index in [-0.39, 0.29) is 43.3 Å². The zero-order valence-electron chi connectivity index (χ0n) is 18.5. The monoisotopic (exact) mass is 500 g/mol. The van der Waals surface area contributed by atoms with Crippen molar-refractivity contribution in [1.29, 1.82) is 0 Å². The van der Waals surface area contributed by atoms with Gasteiger partial charge in [-0.05, 0) is 56.3 Å². The Morgan fingerprint density at radius 2 is 1.68 bits per heavy atom. The summed E-state index contributed by atoms with van der Waals surface area (Å²) in [5.74, 6) is -4.09. The van der Waals surface area contributed by atoms with Crippen molar-refractivity contribution in [2.24, 2.45) is 28.9 Å². The van der Waals surface area contributed by atoms with Crippen molar-refractivity contribution in [1.82, 2.24) is 9.62 Å². The Balaban J connectivity index is 1.29. The van der Waals surface area contributed by atoms with Crippen LogP contribution < -0.4 is 15.4 Å². The van der Waals surface area contributed by atoms with E-state index in [1.165, 1.54) is 0 Å². The minimum absolute atomic E-state index is 0.0436. The molecule has 5 aliphatic rings. The Morgan fingerprint density at radius 3 is 2.32 bits per heavy atom. The van der Waals surface area contributed by atoms with Gasteiger partial charge in [0.2, 0.25) is 11.8 Å². The lowest BCUT2D eigenvalue weighted by Gasteiger charge is -2.58. The minimum atomic E-state index is -4.33. The van der Waals surface area contributed by atoms with Crippen LogP contribution >= 0.6 is 0 Å². The van der Waals surface area contributed by atoms with Crippen molar-refractivity contribution in [3.8, 4) is 0 Å². The Labute approximate surface area is 195 Å². The van der Waals surface area contributed by atoms with Crippen molar-refractivity contribution in [2.45, 2.75) is 44.6 Å². The van der Waals surface area contributed by atoms with Crippen molar-refractivity contribution < 1.29 is 31.2 Å². The molecule has 6 rings (SSSR count). The van der Waals surface area contributed by atoms with Gasteiger partial charge in [0, 0.05) is 36.7 Å². The van der Waals surface area contributed by atoms with E-state index < -0.39 is 51.2 Å². The van der Waals surface area contributed by atoms with E-state index in [1.54, 1.807) is 0 Å². The fourth-order valence-corrected chi connectivity index (χ4v) is 8.49. The van der Waals surface area contributed by atoms with Gasteiger partial charge in [0.25, 0.3) is 0 Å². The molecule has 4 bridgehead atoms. The number of nitrogens with two attached hydrogens (primary N) is 1. The summed E-state index contributed by atoms with van der Waals surface area (Å²) < 4.78 is 69.0. The number of halogens is 3. The topological polar surface area (TPSA) is 113 Å². The highest BCUT2D eigenvalue weighted by molar-refractivity contribution is 7.90. The second kappa shape index (κ2) is 8.11. The maximum Gasteiger partial charge on any atom is 0.304 e. The smallest absolute Gasteiger partial charge is 0.304 e. The Bertz CT molecular complexity index is 1130. The van der Waals surface area contributed by atoms with Crippen LogP contribution in [0.4, 0.5) is 18.9 Å². The molecule has 1 heterocycles. The summed E-state index contributed by atoms with van der Waals surface area (Å²) >= 11 is 0. The Hall–Kier alpha value is -2.34.